The van der Waals surface area contributed by atoms with E-state index in [9.17, 15) is 9.18 Å². The fourth-order valence-corrected chi connectivity index (χ4v) is 4.87. The Morgan fingerprint density at radius 2 is 1.96 bits per heavy atom. The van der Waals surface area contributed by atoms with Crippen LogP contribution in [0.5, 0.6) is 0 Å². The predicted molar refractivity (Wildman–Crippen MR) is 96.2 cm³/mol. The third kappa shape index (κ3) is 3.08. The molecule has 2 fully saturated rings. The van der Waals surface area contributed by atoms with E-state index in [0.29, 0.717) is 19.5 Å². The third-order valence-corrected chi connectivity index (χ3v) is 6.49. The second-order valence-corrected chi connectivity index (χ2v) is 7.86. The van der Waals surface area contributed by atoms with E-state index in [0.717, 1.165) is 38.9 Å². The number of halogens is 1. The van der Waals surface area contributed by atoms with Gasteiger partial charge < -0.3 is 4.90 Å². The first-order valence-electron chi connectivity index (χ1n) is 9.52. The van der Waals surface area contributed by atoms with Gasteiger partial charge in [0.15, 0.2) is 0 Å². The molecule has 0 N–H and O–H groups in total. The molecular formula is C20H28FN3O. The molecule has 136 valence electrons. The van der Waals surface area contributed by atoms with Crippen molar-refractivity contribution in [1.29, 1.82) is 0 Å². The first kappa shape index (κ1) is 17.0. The maximum atomic E-state index is 13.3. The average molecular weight is 345 g/mol. The van der Waals surface area contributed by atoms with Crippen molar-refractivity contribution in [2.45, 2.75) is 37.4 Å². The molecule has 0 unspecified atom stereocenters. The molecule has 3 aliphatic rings. The summed E-state index contributed by atoms with van der Waals surface area (Å²) in [6.45, 7) is 4.25. The van der Waals surface area contributed by atoms with E-state index in [1.165, 1.54) is 11.1 Å². The number of nitrogens with zero attached hydrogens (tertiary/aromatic N) is 3. The number of piperidine rings is 1. The minimum absolute atomic E-state index is 0.0912. The highest BCUT2D eigenvalue weighted by Crippen LogP contribution is 2.42. The highest BCUT2D eigenvalue weighted by atomic mass is 19.1. The number of carbonyl (C=O) groups is 1. The number of benzene rings is 1. The lowest BCUT2D eigenvalue weighted by molar-refractivity contribution is -0.132. The Hall–Kier alpha value is -1.46. The fraction of sp³-hybridized carbons (Fsp3) is 0.650. The van der Waals surface area contributed by atoms with Gasteiger partial charge in [-0.2, -0.15) is 0 Å². The number of hydrogen-bond acceptors (Lipinski definition) is 3. The van der Waals surface area contributed by atoms with Crippen molar-refractivity contribution < 1.29 is 9.18 Å². The molecule has 3 aliphatic heterocycles. The van der Waals surface area contributed by atoms with E-state index < -0.39 is 6.17 Å². The molecule has 1 atom stereocenters. The molecule has 25 heavy (non-hydrogen) atoms. The van der Waals surface area contributed by atoms with Gasteiger partial charge in [-0.1, -0.05) is 24.3 Å². The maximum Gasteiger partial charge on any atom is 0.236 e. The minimum atomic E-state index is -0.832. The monoisotopic (exact) mass is 345 g/mol. The number of alkyl halides is 1. The first-order chi connectivity index (χ1) is 12.1. The Bertz CT molecular complexity index is 642. The van der Waals surface area contributed by atoms with Gasteiger partial charge in [0.05, 0.1) is 13.1 Å². The Morgan fingerprint density at radius 3 is 2.68 bits per heavy atom. The van der Waals surface area contributed by atoms with Crippen LogP contribution in [0.1, 0.15) is 30.4 Å². The normalized spacial score (nSPS) is 26.8. The molecule has 5 heteroatoms. The van der Waals surface area contributed by atoms with Gasteiger partial charge in [-0.15, -0.1) is 0 Å². The standard InChI is InChI=1S/C20H28FN3O/c1-22-10-6-16-4-2-3-5-18(16)20(22)8-12-23(13-9-20)15-19(25)24-11-7-17(21)14-24/h2-5,17H,6-15H2,1H3/t17-/m0/s1. The molecule has 0 saturated carbocycles. The topological polar surface area (TPSA) is 26.8 Å². The summed E-state index contributed by atoms with van der Waals surface area (Å²) in [7, 11) is 2.24. The number of likely N-dealkylation sites (tertiary alicyclic amines) is 2. The smallest absolute Gasteiger partial charge is 0.236 e. The van der Waals surface area contributed by atoms with Gasteiger partial charge in [-0.25, -0.2) is 4.39 Å². The minimum Gasteiger partial charge on any atom is -0.339 e. The summed E-state index contributed by atoms with van der Waals surface area (Å²) in [6.07, 6.45) is 2.90. The number of carbonyl (C=O) groups excluding carboxylic acids is 1. The lowest BCUT2D eigenvalue weighted by Crippen LogP contribution is -2.55. The molecule has 3 heterocycles. The van der Waals surface area contributed by atoms with Crippen LogP contribution in [-0.4, -0.2) is 73.1 Å². The van der Waals surface area contributed by atoms with E-state index >= 15 is 0 Å². The van der Waals surface area contributed by atoms with Crippen LogP contribution in [0.25, 0.3) is 0 Å². The summed E-state index contributed by atoms with van der Waals surface area (Å²) in [5, 5.41) is 0. The van der Waals surface area contributed by atoms with Crippen molar-refractivity contribution in [1.82, 2.24) is 14.7 Å². The van der Waals surface area contributed by atoms with Gasteiger partial charge in [-0.3, -0.25) is 14.6 Å². The lowest BCUT2D eigenvalue weighted by atomic mass is 9.74. The largest absolute Gasteiger partial charge is 0.339 e. The summed E-state index contributed by atoms with van der Waals surface area (Å²) in [5.41, 5.74) is 3.08. The maximum absolute atomic E-state index is 13.3. The van der Waals surface area contributed by atoms with Crippen molar-refractivity contribution in [3.05, 3.63) is 35.4 Å². The number of fused-ring (bicyclic) bond motifs is 2. The van der Waals surface area contributed by atoms with Crippen LogP contribution < -0.4 is 0 Å². The second kappa shape index (κ2) is 6.69. The molecule has 1 spiro atoms. The summed E-state index contributed by atoms with van der Waals surface area (Å²) >= 11 is 0. The van der Waals surface area contributed by atoms with Crippen molar-refractivity contribution in [2.75, 3.05) is 46.3 Å². The van der Waals surface area contributed by atoms with Gasteiger partial charge in [0.25, 0.3) is 0 Å². The Labute approximate surface area is 149 Å². The Balaban J connectivity index is 1.42. The molecule has 2 saturated heterocycles. The van der Waals surface area contributed by atoms with Crippen LogP contribution in [0, 0.1) is 0 Å². The number of likely N-dealkylation sites (N-methyl/N-ethyl adjacent to an activating group) is 1. The summed E-state index contributed by atoms with van der Waals surface area (Å²) < 4.78 is 13.3. The Kier molecular flexibility index (Phi) is 4.54. The molecule has 1 amide bonds. The summed E-state index contributed by atoms with van der Waals surface area (Å²) in [6, 6.07) is 8.84. The van der Waals surface area contributed by atoms with Crippen molar-refractivity contribution in [2.24, 2.45) is 0 Å². The average Bonchev–Trinajstić information content (AvgIpc) is 3.07. The van der Waals surface area contributed by atoms with Crippen molar-refractivity contribution in [3.63, 3.8) is 0 Å². The van der Waals surface area contributed by atoms with Crippen molar-refractivity contribution >= 4 is 5.91 Å². The van der Waals surface area contributed by atoms with E-state index in [1.54, 1.807) is 4.90 Å². The van der Waals surface area contributed by atoms with E-state index in [-0.39, 0.29) is 18.0 Å². The van der Waals surface area contributed by atoms with Gasteiger partial charge in [-0.05, 0) is 43.9 Å². The molecule has 0 aromatic heterocycles. The molecule has 1 aromatic carbocycles. The molecule has 0 aliphatic carbocycles. The zero-order valence-electron chi connectivity index (χ0n) is 15.1. The van der Waals surface area contributed by atoms with Crippen molar-refractivity contribution in [3.8, 4) is 0 Å². The van der Waals surface area contributed by atoms with Crippen LogP contribution in [0.3, 0.4) is 0 Å². The number of hydrogen-bond donors (Lipinski definition) is 0. The fourth-order valence-electron chi connectivity index (χ4n) is 4.87. The first-order valence-corrected chi connectivity index (χ1v) is 9.52. The molecule has 0 radical (unpaired) electrons. The highest BCUT2D eigenvalue weighted by molar-refractivity contribution is 5.78. The Morgan fingerprint density at radius 1 is 1.20 bits per heavy atom. The van der Waals surface area contributed by atoms with E-state index in [2.05, 4.69) is 41.1 Å². The molecule has 0 bridgehead atoms. The van der Waals surface area contributed by atoms with Crippen LogP contribution in [0.2, 0.25) is 0 Å². The van der Waals surface area contributed by atoms with Crippen LogP contribution in [0.15, 0.2) is 24.3 Å². The van der Waals surface area contributed by atoms with Crippen LogP contribution >= 0.6 is 0 Å². The summed E-state index contributed by atoms with van der Waals surface area (Å²) in [5.74, 6) is 0.0912. The van der Waals surface area contributed by atoms with Crippen LogP contribution in [0.4, 0.5) is 4.39 Å². The quantitative estimate of drug-likeness (QED) is 0.821. The molecule has 4 nitrogen and oxygen atoms in total. The molecule has 4 rings (SSSR count). The van der Waals surface area contributed by atoms with E-state index in [4.69, 9.17) is 0 Å². The van der Waals surface area contributed by atoms with Gasteiger partial charge in [0.2, 0.25) is 5.91 Å². The van der Waals surface area contributed by atoms with Crippen LogP contribution in [-0.2, 0) is 16.8 Å². The second-order valence-electron chi connectivity index (χ2n) is 7.86. The summed E-state index contributed by atoms with van der Waals surface area (Å²) in [4.78, 5) is 18.9. The highest BCUT2D eigenvalue weighted by Gasteiger charge is 2.43. The third-order valence-electron chi connectivity index (χ3n) is 6.49. The molecule has 1 aromatic rings. The molecular weight excluding hydrogens is 317 g/mol. The zero-order chi connectivity index (χ0) is 17.4. The SMILES string of the molecule is CN1CCc2ccccc2C12CCN(CC(=O)N1CC[C@H](F)C1)CC2. The van der Waals surface area contributed by atoms with E-state index in [1.807, 2.05) is 0 Å². The zero-order valence-corrected chi connectivity index (χ0v) is 15.1. The lowest BCUT2D eigenvalue weighted by Gasteiger charge is -2.51. The van der Waals surface area contributed by atoms with Gasteiger partial charge in [0.1, 0.15) is 6.17 Å². The van der Waals surface area contributed by atoms with Gasteiger partial charge in [0, 0.05) is 31.7 Å². The van der Waals surface area contributed by atoms with Gasteiger partial charge >= 0.3 is 0 Å². The number of amides is 1. The number of rotatable bonds is 2. The predicted octanol–water partition coefficient (Wildman–Crippen LogP) is 2.04.